The fourth-order valence-corrected chi connectivity index (χ4v) is 2.35. The summed E-state index contributed by atoms with van der Waals surface area (Å²) in [5, 5.41) is 3.31. The van der Waals surface area contributed by atoms with Gasteiger partial charge in [-0.2, -0.15) is 0 Å². The summed E-state index contributed by atoms with van der Waals surface area (Å²) in [6.07, 6.45) is 0.872. The third-order valence-electron chi connectivity index (χ3n) is 3.30. The number of nitrogen functional groups attached to an aromatic ring is 1. The molecule has 1 aliphatic heterocycles. The summed E-state index contributed by atoms with van der Waals surface area (Å²) in [7, 11) is 0. The van der Waals surface area contributed by atoms with E-state index in [1.54, 1.807) is 0 Å². The van der Waals surface area contributed by atoms with Gasteiger partial charge in [0.15, 0.2) is 0 Å². The Morgan fingerprint density at radius 2 is 2.18 bits per heavy atom. The van der Waals surface area contributed by atoms with Crippen LogP contribution in [0.3, 0.4) is 0 Å². The molecule has 0 saturated carbocycles. The van der Waals surface area contributed by atoms with Gasteiger partial charge in [-0.1, -0.05) is 13.8 Å². The summed E-state index contributed by atoms with van der Waals surface area (Å²) in [6, 6.07) is 4.16. The van der Waals surface area contributed by atoms with Gasteiger partial charge in [-0.25, -0.2) is 0 Å². The standard InChI is InChI=1S/C14H21N3/c1-9(2)13-8-12(15)6-11(10(13)3)7-14-16-4-5-17-14/h6,8-9H,4-5,7,15H2,1-3H3,(H,16,17). The Hall–Kier alpha value is -1.51. The number of anilines is 1. The molecule has 0 unspecified atom stereocenters. The normalized spacial score (nSPS) is 14.9. The minimum Gasteiger partial charge on any atom is -0.399 e. The number of benzene rings is 1. The van der Waals surface area contributed by atoms with Crippen LogP contribution in [-0.2, 0) is 6.42 Å². The zero-order valence-corrected chi connectivity index (χ0v) is 10.9. The molecule has 1 aromatic carbocycles. The highest BCUT2D eigenvalue weighted by atomic mass is 15.1. The van der Waals surface area contributed by atoms with Crippen molar-refractivity contribution in [2.24, 2.45) is 4.99 Å². The lowest BCUT2D eigenvalue weighted by atomic mass is 9.92. The minimum absolute atomic E-state index is 0.510. The molecule has 0 saturated heterocycles. The second kappa shape index (κ2) is 4.78. The van der Waals surface area contributed by atoms with Gasteiger partial charge in [0.25, 0.3) is 0 Å². The summed E-state index contributed by atoms with van der Waals surface area (Å²) in [4.78, 5) is 4.44. The molecular formula is C14H21N3. The zero-order valence-electron chi connectivity index (χ0n) is 10.9. The van der Waals surface area contributed by atoms with Crippen molar-refractivity contribution in [2.75, 3.05) is 18.8 Å². The first kappa shape index (κ1) is 12.0. The Bertz CT molecular complexity index is 447. The topological polar surface area (TPSA) is 50.4 Å². The second-order valence-electron chi connectivity index (χ2n) is 4.98. The third-order valence-corrected chi connectivity index (χ3v) is 3.30. The molecule has 0 amide bonds. The quantitative estimate of drug-likeness (QED) is 0.784. The van der Waals surface area contributed by atoms with Gasteiger partial charge in [-0.05, 0) is 41.7 Å². The molecule has 17 heavy (non-hydrogen) atoms. The number of nitrogens with zero attached hydrogens (tertiary/aromatic N) is 1. The van der Waals surface area contributed by atoms with Crippen LogP contribution in [0.25, 0.3) is 0 Å². The Morgan fingerprint density at radius 3 is 2.76 bits per heavy atom. The molecule has 2 rings (SSSR count). The van der Waals surface area contributed by atoms with E-state index in [9.17, 15) is 0 Å². The monoisotopic (exact) mass is 231 g/mol. The molecule has 0 fully saturated rings. The first-order valence-corrected chi connectivity index (χ1v) is 6.24. The smallest absolute Gasteiger partial charge is 0.101 e. The Kier molecular flexibility index (Phi) is 3.36. The number of nitrogens with one attached hydrogen (secondary N) is 1. The van der Waals surface area contributed by atoms with Crippen LogP contribution in [0.4, 0.5) is 5.69 Å². The van der Waals surface area contributed by atoms with Crippen molar-refractivity contribution in [1.82, 2.24) is 5.32 Å². The zero-order chi connectivity index (χ0) is 12.4. The van der Waals surface area contributed by atoms with Gasteiger partial charge in [0.05, 0.1) is 6.54 Å². The van der Waals surface area contributed by atoms with E-state index in [0.29, 0.717) is 5.92 Å². The number of rotatable bonds is 3. The van der Waals surface area contributed by atoms with Crippen LogP contribution in [0.2, 0.25) is 0 Å². The molecule has 92 valence electrons. The molecule has 0 aliphatic carbocycles. The molecule has 0 atom stereocenters. The van der Waals surface area contributed by atoms with Crippen LogP contribution in [0.15, 0.2) is 17.1 Å². The molecule has 3 nitrogen and oxygen atoms in total. The lowest BCUT2D eigenvalue weighted by molar-refractivity contribution is 0.852. The van der Waals surface area contributed by atoms with E-state index in [4.69, 9.17) is 5.73 Å². The van der Waals surface area contributed by atoms with Crippen LogP contribution in [-0.4, -0.2) is 18.9 Å². The molecule has 3 heteroatoms. The van der Waals surface area contributed by atoms with E-state index in [2.05, 4.69) is 43.2 Å². The predicted molar refractivity (Wildman–Crippen MR) is 73.7 cm³/mol. The summed E-state index contributed by atoms with van der Waals surface area (Å²) in [6.45, 7) is 8.45. The largest absolute Gasteiger partial charge is 0.399 e. The second-order valence-corrected chi connectivity index (χ2v) is 4.98. The fourth-order valence-electron chi connectivity index (χ4n) is 2.35. The highest BCUT2D eigenvalue weighted by Gasteiger charge is 2.12. The van der Waals surface area contributed by atoms with Gasteiger partial charge in [0.1, 0.15) is 5.84 Å². The van der Waals surface area contributed by atoms with Crippen molar-refractivity contribution in [1.29, 1.82) is 0 Å². The van der Waals surface area contributed by atoms with Crippen LogP contribution >= 0.6 is 0 Å². The van der Waals surface area contributed by atoms with Crippen LogP contribution in [0.5, 0.6) is 0 Å². The summed E-state index contributed by atoms with van der Waals surface area (Å²) < 4.78 is 0. The average Bonchev–Trinajstić information content (AvgIpc) is 2.75. The van der Waals surface area contributed by atoms with E-state index in [1.807, 2.05) is 0 Å². The van der Waals surface area contributed by atoms with Gasteiger partial charge >= 0.3 is 0 Å². The van der Waals surface area contributed by atoms with Crippen molar-refractivity contribution < 1.29 is 0 Å². The lowest BCUT2D eigenvalue weighted by Crippen LogP contribution is -2.21. The van der Waals surface area contributed by atoms with E-state index in [-0.39, 0.29) is 0 Å². The van der Waals surface area contributed by atoms with E-state index in [1.165, 1.54) is 16.7 Å². The minimum atomic E-state index is 0.510. The Morgan fingerprint density at radius 1 is 1.41 bits per heavy atom. The van der Waals surface area contributed by atoms with E-state index in [0.717, 1.165) is 31.0 Å². The fraction of sp³-hybridized carbons (Fsp3) is 0.500. The highest BCUT2D eigenvalue weighted by molar-refractivity contribution is 5.86. The van der Waals surface area contributed by atoms with Gasteiger partial charge in [-0.3, -0.25) is 4.99 Å². The number of amidine groups is 1. The number of hydrogen-bond donors (Lipinski definition) is 2. The van der Waals surface area contributed by atoms with Gasteiger partial charge in [0.2, 0.25) is 0 Å². The molecule has 0 spiro atoms. The van der Waals surface area contributed by atoms with Gasteiger partial charge in [0, 0.05) is 18.7 Å². The van der Waals surface area contributed by atoms with Crippen molar-refractivity contribution in [3.05, 3.63) is 28.8 Å². The lowest BCUT2D eigenvalue weighted by Gasteiger charge is -2.15. The molecule has 3 N–H and O–H groups in total. The van der Waals surface area contributed by atoms with Crippen LogP contribution in [0.1, 0.15) is 36.5 Å². The molecular weight excluding hydrogens is 210 g/mol. The average molecular weight is 231 g/mol. The summed E-state index contributed by atoms with van der Waals surface area (Å²) >= 11 is 0. The number of aliphatic imine (C=N–C) groups is 1. The van der Waals surface area contributed by atoms with Crippen molar-refractivity contribution in [3.63, 3.8) is 0 Å². The van der Waals surface area contributed by atoms with Crippen molar-refractivity contribution >= 4 is 11.5 Å². The molecule has 1 aromatic rings. The van der Waals surface area contributed by atoms with Crippen LogP contribution in [0, 0.1) is 6.92 Å². The number of hydrogen-bond acceptors (Lipinski definition) is 3. The predicted octanol–water partition coefficient (Wildman–Crippen LogP) is 2.24. The molecule has 0 aromatic heterocycles. The SMILES string of the molecule is Cc1c(CC2=NCCN2)cc(N)cc1C(C)C. The molecule has 0 bridgehead atoms. The summed E-state index contributed by atoms with van der Waals surface area (Å²) in [5.41, 5.74) is 10.8. The summed E-state index contributed by atoms with van der Waals surface area (Å²) in [5.74, 6) is 1.60. The van der Waals surface area contributed by atoms with E-state index < -0.39 is 0 Å². The maximum atomic E-state index is 5.98. The Balaban J connectivity index is 2.32. The third kappa shape index (κ3) is 2.60. The van der Waals surface area contributed by atoms with Crippen molar-refractivity contribution in [3.8, 4) is 0 Å². The first-order valence-electron chi connectivity index (χ1n) is 6.24. The van der Waals surface area contributed by atoms with Gasteiger partial charge < -0.3 is 11.1 Å². The molecule has 1 heterocycles. The maximum absolute atomic E-state index is 5.98. The van der Waals surface area contributed by atoms with E-state index >= 15 is 0 Å². The molecule has 1 aliphatic rings. The Labute approximate surface area is 103 Å². The molecule has 0 radical (unpaired) electrons. The number of nitrogens with two attached hydrogens (primary N) is 1. The first-order chi connectivity index (χ1) is 8.08. The maximum Gasteiger partial charge on any atom is 0.101 e. The highest BCUT2D eigenvalue weighted by Crippen LogP contribution is 2.25. The van der Waals surface area contributed by atoms with Crippen LogP contribution < -0.4 is 11.1 Å². The van der Waals surface area contributed by atoms with Gasteiger partial charge in [-0.15, -0.1) is 0 Å². The van der Waals surface area contributed by atoms with Crippen molar-refractivity contribution in [2.45, 2.75) is 33.1 Å².